The second-order valence-corrected chi connectivity index (χ2v) is 6.30. The molecule has 0 bridgehead atoms. The van der Waals surface area contributed by atoms with Crippen LogP contribution in [0.1, 0.15) is 39.7 Å². The standard InChI is InChI=1S/C14H24N2OS/c1-6-8-16(5)9-7-15-11-10(14(2,3)4)12(17)13(11)18/h15H,6-9H2,1-5H3. The summed E-state index contributed by atoms with van der Waals surface area (Å²) >= 11 is 5.12. The molecular formula is C14H24N2OS. The van der Waals surface area contributed by atoms with Crippen molar-refractivity contribution in [2.45, 2.75) is 39.5 Å². The van der Waals surface area contributed by atoms with Crippen LogP contribution >= 0.6 is 12.2 Å². The first-order chi connectivity index (χ1) is 8.29. The topological polar surface area (TPSA) is 32.3 Å². The molecule has 0 aliphatic rings. The zero-order valence-corrected chi connectivity index (χ0v) is 12.9. The van der Waals surface area contributed by atoms with Gasteiger partial charge in [0, 0.05) is 18.7 Å². The SMILES string of the molecule is CCCN(C)CCNc1c(C(C)(C)C)c(=O)c1=S. The first kappa shape index (κ1) is 15.3. The molecule has 0 radical (unpaired) electrons. The van der Waals surface area contributed by atoms with E-state index in [-0.39, 0.29) is 10.8 Å². The van der Waals surface area contributed by atoms with Crippen molar-refractivity contribution >= 4 is 17.9 Å². The molecule has 0 unspecified atom stereocenters. The highest BCUT2D eigenvalue weighted by Crippen LogP contribution is 2.29. The van der Waals surface area contributed by atoms with Gasteiger partial charge in [-0.1, -0.05) is 39.9 Å². The van der Waals surface area contributed by atoms with Gasteiger partial charge >= 0.3 is 0 Å². The summed E-state index contributed by atoms with van der Waals surface area (Å²) < 4.78 is 0.470. The molecule has 0 aliphatic heterocycles. The van der Waals surface area contributed by atoms with E-state index in [0.717, 1.165) is 37.3 Å². The Morgan fingerprint density at radius 1 is 1.28 bits per heavy atom. The lowest BCUT2D eigenvalue weighted by molar-refractivity contribution is 0.347. The average Bonchev–Trinajstić information content (AvgIpc) is 2.25. The van der Waals surface area contributed by atoms with Crippen LogP contribution in [0.5, 0.6) is 0 Å². The molecule has 0 fully saturated rings. The maximum Gasteiger partial charge on any atom is 0.204 e. The predicted octanol–water partition coefficient (Wildman–Crippen LogP) is 2.70. The molecule has 18 heavy (non-hydrogen) atoms. The normalized spacial score (nSPS) is 12.3. The van der Waals surface area contributed by atoms with Gasteiger partial charge in [-0.2, -0.15) is 0 Å². The van der Waals surface area contributed by atoms with Crippen LogP contribution in [0.4, 0.5) is 5.69 Å². The average molecular weight is 268 g/mol. The Balaban J connectivity index is 2.62. The molecule has 0 heterocycles. The van der Waals surface area contributed by atoms with Crippen LogP contribution in [0.2, 0.25) is 0 Å². The molecule has 0 aliphatic carbocycles. The van der Waals surface area contributed by atoms with Crippen molar-refractivity contribution in [1.29, 1.82) is 0 Å². The Morgan fingerprint density at radius 3 is 2.39 bits per heavy atom. The smallest absolute Gasteiger partial charge is 0.204 e. The highest BCUT2D eigenvalue weighted by Gasteiger charge is 2.27. The molecule has 102 valence electrons. The van der Waals surface area contributed by atoms with Gasteiger partial charge in [0.25, 0.3) is 0 Å². The van der Waals surface area contributed by atoms with Crippen molar-refractivity contribution in [1.82, 2.24) is 4.90 Å². The fourth-order valence-corrected chi connectivity index (χ4v) is 2.42. The van der Waals surface area contributed by atoms with Crippen LogP contribution in [-0.2, 0) is 5.41 Å². The molecular weight excluding hydrogens is 244 g/mol. The van der Waals surface area contributed by atoms with E-state index in [2.05, 4.69) is 24.2 Å². The van der Waals surface area contributed by atoms with E-state index in [1.165, 1.54) is 0 Å². The van der Waals surface area contributed by atoms with E-state index in [4.69, 9.17) is 12.2 Å². The molecule has 0 saturated carbocycles. The first-order valence-corrected chi connectivity index (χ1v) is 6.96. The van der Waals surface area contributed by atoms with Crippen LogP contribution in [0.15, 0.2) is 4.79 Å². The van der Waals surface area contributed by atoms with Gasteiger partial charge < -0.3 is 10.2 Å². The lowest BCUT2D eigenvalue weighted by Gasteiger charge is -2.26. The predicted molar refractivity (Wildman–Crippen MR) is 80.9 cm³/mol. The summed E-state index contributed by atoms with van der Waals surface area (Å²) in [5.41, 5.74) is 1.66. The molecule has 0 spiro atoms. The van der Waals surface area contributed by atoms with E-state index in [0.29, 0.717) is 4.51 Å². The number of hydrogen-bond acceptors (Lipinski definition) is 4. The lowest BCUT2D eigenvalue weighted by Crippen LogP contribution is -2.33. The van der Waals surface area contributed by atoms with E-state index in [1.54, 1.807) is 0 Å². The minimum atomic E-state index is -0.128. The van der Waals surface area contributed by atoms with Crippen LogP contribution < -0.4 is 10.7 Å². The van der Waals surface area contributed by atoms with Crippen molar-refractivity contribution in [2.75, 3.05) is 32.0 Å². The van der Waals surface area contributed by atoms with Gasteiger partial charge in [-0.05, 0) is 25.4 Å². The van der Waals surface area contributed by atoms with Gasteiger partial charge in [-0.25, -0.2) is 0 Å². The molecule has 0 atom stereocenters. The maximum atomic E-state index is 11.8. The Hall–Kier alpha value is -0.740. The van der Waals surface area contributed by atoms with Crippen molar-refractivity contribution in [2.24, 2.45) is 0 Å². The molecule has 0 aromatic heterocycles. The third kappa shape index (κ3) is 3.39. The summed E-state index contributed by atoms with van der Waals surface area (Å²) in [7, 11) is 2.11. The van der Waals surface area contributed by atoms with E-state index in [9.17, 15) is 4.79 Å². The lowest BCUT2D eigenvalue weighted by atomic mass is 9.83. The number of nitrogens with one attached hydrogen (secondary N) is 1. The van der Waals surface area contributed by atoms with Gasteiger partial charge in [-0.15, -0.1) is 0 Å². The largest absolute Gasteiger partial charge is 0.382 e. The molecule has 0 amide bonds. The van der Waals surface area contributed by atoms with Gasteiger partial charge in [0.05, 0.1) is 5.69 Å². The van der Waals surface area contributed by atoms with Crippen LogP contribution in [-0.4, -0.2) is 31.6 Å². The first-order valence-electron chi connectivity index (χ1n) is 6.55. The van der Waals surface area contributed by atoms with Gasteiger partial charge in [0.1, 0.15) is 4.51 Å². The summed E-state index contributed by atoms with van der Waals surface area (Å²) in [4.78, 5) is 14.0. The van der Waals surface area contributed by atoms with E-state index in [1.807, 2.05) is 20.8 Å². The highest BCUT2D eigenvalue weighted by molar-refractivity contribution is 7.71. The molecule has 1 aromatic rings. The Kier molecular flexibility index (Phi) is 5.05. The zero-order valence-electron chi connectivity index (χ0n) is 12.1. The fraction of sp³-hybridized carbons (Fsp3) is 0.714. The van der Waals surface area contributed by atoms with Crippen molar-refractivity contribution in [3.05, 3.63) is 20.3 Å². The number of nitrogens with zero attached hydrogens (tertiary/aromatic N) is 1. The minimum Gasteiger partial charge on any atom is -0.382 e. The molecule has 1 N–H and O–H groups in total. The van der Waals surface area contributed by atoms with Gasteiger partial charge in [0.2, 0.25) is 5.43 Å². The quantitative estimate of drug-likeness (QED) is 0.804. The zero-order chi connectivity index (χ0) is 13.9. The highest BCUT2D eigenvalue weighted by atomic mass is 32.1. The Bertz CT molecular complexity index is 467. The maximum absolute atomic E-state index is 11.8. The minimum absolute atomic E-state index is 0.0434. The summed E-state index contributed by atoms with van der Waals surface area (Å²) in [5, 5.41) is 3.32. The van der Waals surface area contributed by atoms with Gasteiger partial charge in [-0.3, -0.25) is 4.79 Å². The molecule has 1 rings (SSSR count). The van der Waals surface area contributed by atoms with Crippen LogP contribution in [0.25, 0.3) is 0 Å². The van der Waals surface area contributed by atoms with Crippen molar-refractivity contribution in [3.63, 3.8) is 0 Å². The van der Waals surface area contributed by atoms with Gasteiger partial charge in [0.15, 0.2) is 0 Å². The number of rotatable bonds is 6. The number of anilines is 1. The Labute approximate surface area is 115 Å². The molecule has 3 nitrogen and oxygen atoms in total. The third-order valence-electron chi connectivity index (χ3n) is 3.06. The summed E-state index contributed by atoms with van der Waals surface area (Å²) in [6, 6.07) is 0. The molecule has 4 heteroatoms. The fourth-order valence-electron chi connectivity index (χ4n) is 2.14. The van der Waals surface area contributed by atoms with Crippen LogP contribution in [0, 0.1) is 4.51 Å². The number of hydrogen-bond donors (Lipinski definition) is 1. The van der Waals surface area contributed by atoms with Crippen molar-refractivity contribution in [3.8, 4) is 0 Å². The van der Waals surface area contributed by atoms with E-state index >= 15 is 0 Å². The second-order valence-electron chi connectivity index (χ2n) is 5.89. The molecule has 0 saturated heterocycles. The summed E-state index contributed by atoms with van der Waals surface area (Å²) in [6.45, 7) is 11.2. The Morgan fingerprint density at radius 2 is 1.89 bits per heavy atom. The van der Waals surface area contributed by atoms with E-state index < -0.39 is 0 Å². The third-order valence-corrected chi connectivity index (χ3v) is 3.45. The summed E-state index contributed by atoms with van der Waals surface area (Å²) in [6.07, 6.45) is 1.16. The monoisotopic (exact) mass is 268 g/mol. The number of likely N-dealkylation sites (N-methyl/N-ethyl adjacent to an activating group) is 1. The summed E-state index contributed by atoms with van der Waals surface area (Å²) in [5.74, 6) is 0. The van der Waals surface area contributed by atoms with Crippen molar-refractivity contribution < 1.29 is 0 Å². The second kappa shape index (κ2) is 5.93. The van der Waals surface area contributed by atoms with Crippen LogP contribution in [0.3, 0.4) is 0 Å². The molecule has 1 aromatic carbocycles.